The molecule has 20 heavy (non-hydrogen) atoms. The van der Waals surface area contributed by atoms with Gasteiger partial charge in [-0.1, -0.05) is 59.6 Å². The number of pyridine rings is 1. The quantitative estimate of drug-likeness (QED) is 0.590. The highest BCUT2D eigenvalue weighted by Crippen LogP contribution is 2.23. The summed E-state index contributed by atoms with van der Waals surface area (Å²) in [7, 11) is 0. The fraction of sp³-hybridized carbons (Fsp3) is 0. The lowest BCUT2D eigenvalue weighted by Crippen LogP contribution is -1.82. The molecule has 0 radical (unpaired) electrons. The molecule has 0 atom stereocenters. The summed E-state index contributed by atoms with van der Waals surface area (Å²) in [4.78, 5) is 4.58. The summed E-state index contributed by atoms with van der Waals surface area (Å²) in [6.07, 6.45) is 3.94. The Labute approximate surface area is 127 Å². The number of hydrogen-bond donors (Lipinski definition) is 0. The van der Waals surface area contributed by atoms with Gasteiger partial charge in [0.15, 0.2) is 0 Å². The molecular weight excluding hydrogens is 289 g/mol. The molecule has 1 heterocycles. The van der Waals surface area contributed by atoms with Crippen molar-refractivity contribution in [3.63, 3.8) is 0 Å². The maximum atomic E-state index is 5.99. The van der Waals surface area contributed by atoms with E-state index in [1.807, 2.05) is 48.6 Å². The Bertz CT molecular complexity index is 794. The van der Waals surface area contributed by atoms with Crippen LogP contribution in [0, 0.1) is 0 Å². The molecule has 0 unspecified atom stereocenters. The highest BCUT2D eigenvalue weighted by molar-refractivity contribution is 6.42. The first-order valence-corrected chi connectivity index (χ1v) is 6.97. The topological polar surface area (TPSA) is 12.9 Å². The van der Waals surface area contributed by atoms with Crippen molar-refractivity contribution in [2.45, 2.75) is 0 Å². The van der Waals surface area contributed by atoms with E-state index >= 15 is 0 Å². The Morgan fingerprint density at radius 1 is 0.800 bits per heavy atom. The predicted molar refractivity (Wildman–Crippen MR) is 87.1 cm³/mol. The summed E-state index contributed by atoms with van der Waals surface area (Å²) < 4.78 is 0. The van der Waals surface area contributed by atoms with Gasteiger partial charge in [-0.3, -0.25) is 0 Å². The third kappa shape index (κ3) is 2.84. The highest BCUT2D eigenvalue weighted by Gasteiger charge is 1.98. The minimum Gasteiger partial charge on any atom is -0.248 e. The highest BCUT2D eigenvalue weighted by atomic mass is 35.5. The van der Waals surface area contributed by atoms with E-state index in [1.165, 1.54) is 0 Å². The molecule has 3 heteroatoms. The minimum atomic E-state index is 0.556. The monoisotopic (exact) mass is 299 g/mol. The maximum Gasteiger partial charge on any atom is 0.0709 e. The Kier molecular flexibility index (Phi) is 3.72. The predicted octanol–water partition coefficient (Wildman–Crippen LogP) is 5.71. The van der Waals surface area contributed by atoms with Gasteiger partial charge in [-0.25, -0.2) is 4.98 Å². The molecule has 0 aliphatic carbocycles. The first kappa shape index (κ1) is 13.2. The van der Waals surface area contributed by atoms with Crippen LogP contribution in [0.2, 0.25) is 10.0 Å². The second kappa shape index (κ2) is 5.66. The molecule has 0 N–H and O–H groups in total. The normalized spacial score (nSPS) is 11.3. The fourth-order valence-corrected chi connectivity index (χ4v) is 2.28. The molecular formula is C17H11Cl2N. The lowest BCUT2D eigenvalue weighted by atomic mass is 10.1. The van der Waals surface area contributed by atoms with E-state index < -0.39 is 0 Å². The average Bonchev–Trinajstić information content (AvgIpc) is 2.48. The van der Waals surface area contributed by atoms with Crippen LogP contribution in [0.25, 0.3) is 23.1 Å². The van der Waals surface area contributed by atoms with E-state index in [1.54, 1.807) is 6.07 Å². The van der Waals surface area contributed by atoms with Gasteiger partial charge >= 0.3 is 0 Å². The number of rotatable bonds is 2. The van der Waals surface area contributed by atoms with E-state index in [2.05, 4.69) is 17.1 Å². The maximum absolute atomic E-state index is 5.99. The molecule has 0 spiro atoms. The Morgan fingerprint density at radius 2 is 1.65 bits per heavy atom. The molecule has 2 aromatic carbocycles. The van der Waals surface area contributed by atoms with Gasteiger partial charge in [0.05, 0.1) is 21.3 Å². The summed E-state index contributed by atoms with van der Waals surface area (Å²) in [6.45, 7) is 0. The van der Waals surface area contributed by atoms with Crippen LogP contribution in [0.5, 0.6) is 0 Å². The van der Waals surface area contributed by atoms with E-state index in [0.717, 1.165) is 22.2 Å². The Hall–Kier alpha value is -1.83. The summed E-state index contributed by atoms with van der Waals surface area (Å²) in [5, 5.41) is 2.26. The number of halogens is 2. The lowest BCUT2D eigenvalue weighted by molar-refractivity contribution is 1.37. The number of nitrogens with zero attached hydrogens (tertiary/aromatic N) is 1. The molecule has 3 aromatic rings. The SMILES string of the molecule is Clc1ccc(C=Cc2ccc3ccccc3n2)cc1Cl. The van der Waals surface area contributed by atoms with Crippen LogP contribution < -0.4 is 0 Å². The van der Waals surface area contributed by atoms with E-state index in [4.69, 9.17) is 23.2 Å². The van der Waals surface area contributed by atoms with Crippen LogP contribution in [-0.2, 0) is 0 Å². The van der Waals surface area contributed by atoms with Crippen LogP contribution in [0.4, 0.5) is 0 Å². The number of hydrogen-bond acceptors (Lipinski definition) is 1. The smallest absolute Gasteiger partial charge is 0.0709 e. The molecule has 1 nitrogen and oxygen atoms in total. The number of para-hydroxylation sites is 1. The summed E-state index contributed by atoms with van der Waals surface area (Å²) >= 11 is 11.9. The van der Waals surface area contributed by atoms with E-state index in [9.17, 15) is 0 Å². The van der Waals surface area contributed by atoms with Gasteiger partial charge in [0, 0.05) is 5.39 Å². The van der Waals surface area contributed by atoms with Crippen molar-refractivity contribution in [1.29, 1.82) is 0 Å². The molecule has 0 saturated heterocycles. The van der Waals surface area contributed by atoms with Crippen molar-refractivity contribution in [1.82, 2.24) is 4.98 Å². The molecule has 0 amide bonds. The van der Waals surface area contributed by atoms with Crippen LogP contribution in [0.1, 0.15) is 11.3 Å². The standard InChI is InChI=1S/C17H11Cl2N/c18-15-10-6-12(11-16(15)19)5-8-14-9-7-13-3-1-2-4-17(13)20-14/h1-11H. The van der Waals surface area contributed by atoms with E-state index in [-0.39, 0.29) is 0 Å². The molecule has 1 aromatic heterocycles. The molecule has 98 valence electrons. The van der Waals surface area contributed by atoms with Gasteiger partial charge in [0.25, 0.3) is 0 Å². The average molecular weight is 300 g/mol. The fourth-order valence-electron chi connectivity index (χ4n) is 1.97. The summed E-state index contributed by atoms with van der Waals surface area (Å²) in [5.74, 6) is 0. The molecule has 0 aliphatic heterocycles. The van der Waals surface area contributed by atoms with Crippen molar-refractivity contribution in [2.75, 3.05) is 0 Å². The van der Waals surface area contributed by atoms with Crippen molar-refractivity contribution < 1.29 is 0 Å². The molecule has 0 bridgehead atoms. The summed E-state index contributed by atoms with van der Waals surface area (Å²) in [6, 6.07) is 17.7. The van der Waals surface area contributed by atoms with Crippen LogP contribution >= 0.6 is 23.2 Å². The van der Waals surface area contributed by atoms with Gasteiger partial charge < -0.3 is 0 Å². The van der Waals surface area contributed by atoms with E-state index in [0.29, 0.717) is 10.0 Å². The van der Waals surface area contributed by atoms with Crippen LogP contribution in [0.3, 0.4) is 0 Å². The zero-order valence-corrected chi connectivity index (χ0v) is 12.1. The molecule has 3 rings (SSSR count). The van der Waals surface area contributed by atoms with Crippen molar-refractivity contribution >= 4 is 46.3 Å². The van der Waals surface area contributed by atoms with Crippen LogP contribution in [-0.4, -0.2) is 4.98 Å². The van der Waals surface area contributed by atoms with Crippen molar-refractivity contribution in [3.05, 3.63) is 75.9 Å². The second-order valence-electron chi connectivity index (χ2n) is 4.44. The van der Waals surface area contributed by atoms with Gasteiger partial charge in [0.1, 0.15) is 0 Å². The third-order valence-electron chi connectivity index (χ3n) is 3.01. The van der Waals surface area contributed by atoms with Gasteiger partial charge in [-0.05, 0) is 35.9 Å². The number of fused-ring (bicyclic) bond motifs is 1. The van der Waals surface area contributed by atoms with Crippen molar-refractivity contribution in [3.8, 4) is 0 Å². The number of aromatic nitrogens is 1. The van der Waals surface area contributed by atoms with Crippen molar-refractivity contribution in [2.24, 2.45) is 0 Å². The second-order valence-corrected chi connectivity index (χ2v) is 5.25. The minimum absolute atomic E-state index is 0.556. The third-order valence-corrected chi connectivity index (χ3v) is 3.75. The first-order valence-electron chi connectivity index (χ1n) is 6.21. The molecule has 0 saturated carbocycles. The van der Waals surface area contributed by atoms with Gasteiger partial charge in [0.2, 0.25) is 0 Å². The Morgan fingerprint density at radius 3 is 2.50 bits per heavy atom. The Balaban J connectivity index is 1.91. The number of benzene rings is 2. The zero-order chi connectivity index (χ0) is 13.9. The van der Waals surface area contributed by atoms with Gasteiger partial charge in [-0.2, -0.15) is 0 Å². The largest absolute Gasteiger partial charge is 0.248 e. The molecule has 0 fully saturated rings. The first-order chi connectivity index (χ1) is 9.72. The summed E-state index contributed by atoms with van der Waals surface area (Å²) in [5.41, 5.74) is 2.90. The van der Waals surface area contributed by atoms with Gasteiger partial charge in [-0.15, -0.1) is 0 Å². The zero-order valence-electron chi connectivity index (χ0n) is 10.6. The molecule has 0 aliphatic rings. The lowest BCUT2D eigenvalue weighted by Gasteiger charge is -1.99. The van der Waals surface area contributed by atoms with Crippen LogP contribution in [0.15, 0.2) is 54.6 Å².